The standard InChI is InChI=1S/C25H29B2NO6/c26-25(27,19-6-3-4-7-21(19)33-13-5-1-2-8-22(29)30)28(18-10-11-18)24(32)16-9-12-20-17(14-16)15-23(31)34-20/h3-4,6-7,9,12,14,18H,1-2,5,8,10-11,13,15,26-27H2,(H,29,30). The Hall–Kier alpha value is -3.22. The lowest BCUT2D eigenvalue weighted by Crippen LogP contribution is -2.52. The molecule has 1 amide bonds. The van der Waals surface area contributed by atoms with Gasteiger partial charge in [0, 0.05) is 34.5 Å². The number of ether oxygens (including phenoxy) is 2. The molecule has 1 aliphatic carbocycles. The van der Waals surface area contributed by atoms with Gasteiger partial charge in [-0.25, -0.2) is 0 Å². The Labute approximate surface area is 201 Å². The summed E-state index contributed by atoms with van der Waals surface area (Å²) < 4.78 is 11.3. The summed E-state index contributed by atoms with van der Waals surface area (Å²) in [6.07, 6.45) is 4.45. The van der Waals surface area contributed by atoms with E-state index in [1.54, 1.807) is 18.2 Å². The van der Waals surface area contributed by atoms with Gasteiger partial charge in [-0.2, -0.15) is 0 Å². The third-order valence-electron chi connectivity index (χ3n) is 6.44. The Morgan fingerprint density at radius 3 is 2.62 bits per heavy atom. The van der Waals surface area contributed by atoms with Gasteiger partial charge in [-0.1, -0.05) is 18.2 Å². The highest BCUT2D eigenvalue weighted by Gasteiger charge is 2.43. The van der Waals surface area contributed by atoms with E-state index in [-0.39, 0.29) is 30.8 Å². The number of nitrogens with zero attached hydrogens (tertiary/aromatic N) is 1. The van der Waals surface area contributed by atoms with Gasteiger partial charge in [0.2, 0.25) is 0 Å². The smallest absolute Gasteiger partial charge is 0.315 e. The molecule has 1 N–H and O–H groups in total. The molecule has 176 valence electrons. The molecular formula is C25H29B2NO6. The lowest BCUT2D eigenvalue weighted by atomic mass is 9.56. The molecule has 0 spiro atoms. The Morgan fingerprint density at radius 1 is 1.12 bits per heavy atom. The van der Waals surface area contributed by atoms with Gasteiger partial charge in [0.15, 0.2) is 0 Å². The fourth-order valence-corrected chi connectivity index (χ4v) is 4.58. The first-order valence-electron chi connectivity index (χ1n) is 11.9. The van der Waals surface area contributed by atoms with Crippen LogP contribution in [0.3, 0.4) is 0 Å². The fourth-order valence-electron chi connectivity index (χ4n) is 4.58. The monoisotopic (exact) mass is 461 g/mol. The molecule has 0 bridgehead atoms. The molecule has 1 saturated carbocycles. The predicted molar refractivity (Wildman–Crippen MR) is 132 cm³/mol. The van der Waals surface area contributed by atoms with Crippen LogP contribution >= 0.6 is 0 Å². The van der Waals surface area contributed by atoms with Crippen LogP contribution in [0.4, 0.5) is 0 Å². The van der Waals surface area contributed by atoms with Gasteiger partial charge in [0.1, 0.15) is 27.2 Å². The number of carbonyl (C=O) groups is 3. The van der Waals surface area contributed by atoms with E-state index in [1.165, 1.54) is 0 Å². The summed E-state index contributed by atoms with van der Waals surface area (Å²) in [4.78, 5) is 38.0. The van der Waals surface area contributed by atoms with Crippen LogP contribution in [0.1, 0.15) is 60.0 Å². The molecule has 1 heterocycles. The highest BCUT2D eigenvalue weighted by Crippen LogP contribution is 2.40. The fraction of sp³-hybridized carbons (Fsp3) is 0.400. The van der Waals surface area contributed by atoms with Gasteiger partial charge in [-0.05, 0) is 56.4 Å². The van der Waals surface area contributed by atoms with Crippen molar-refractivity contribution in [3.05, 3.63) is 59.2 Å². The number of hydrogen-bond donors (Lipinski definition) is 1. The van der Waals surface area contributed by atoms with Crippen molar-refractivity contribution >= 4 is 33.5 Å². The topological polar surface area (TPSA) is 93.1 Å². The number of carbonyl (C=O) groups excluding carboxylic acids is 2. The number of para-hydroxylation sites is 1. The van der Waals surface area contributed by atoms with Gasteiger partial charge >= 0.3 is 11.9 Å². The van der Waals surface area contributed by atoms with Crippen LogP contribution in [0, 0.1) is 0 Å². The van der Waals surface area contributed by atoms with Crippen LogP contribution in [0.15, 0.2) is 42.5 Å². The van der Waals surface area contributed by atoms with E-state index in [0.29, 0.717) is 24.3 Å². The maximum atomic E-state index is 13.7. The summed E-state index contributed by atoms with van der Waals surface area (Å²) in [5.41, 5.74) is 2.23. The SMILES string of the molecule is BC(B)(c1ccccc1OCCCCCC(=O)O)N(C(=O)c1ccc2c(c1)CC(=O)O2)C1CC1. The molecule has 1 fully saturated rings. The van der Waals surface area contributed by atoms with Crippen molar-refractivity contribution in [1.82, 2.24) is 4.90 Å². The molecule has 2 aromatic rings. The van der Waals surface area contributed by atoms with Crippen molar-refractivity contribution in [2.75, 3.05) is 6.61 Å². The van der Waals surface area contributed by atoms with Crippen LogP contribution in [0.25, 0.3) is 0 Å². The van der Waals surface area contributed by atoms with Crippen molar-refractivity contribution in [3.8, 4) is 11.5 Å². The lowest BCUT2D eigenvalue weighted by molar-refractivity contribution is -0.137. The maximum absolute atomic E-state index is 13.7. The zero-order valence-corrected chi connectivity index (χ0v) is 19.7. The van der Waals surface area contributed by atoms with Crippen molar-refractivity contribution in [2.24, 2.45) is 0 Å². The molecule has 0 radical (unpaired) electrons. The summed E-state index contributed by atoms with van der Waals surface area (Å²) in [5.74, 6) is 0.115. The van der Waals surface area contributed by atoms with Crippen molar-refractivity contribution in [1.29, 1.82) is 0 Å². The first-order valence-corrected chi connectivity index (χ1v) is 11.9. The second-order valence-corrected chi connectivity index (χ2v) is 9.49. The average Bonchev–Trinajstić information content (AvgIpc) is 3.54. The molecule has 9 heteroatoms. The second-order valence-electron chi connectivity index (χ2n) is 9.49. The summed E-state index contributed by atoms with van der Waals surface area (Å²) in [6, 6.07) is 13.1. The predicted octanol–water partition coefficient (Wildman–Crippen LogP) is 1.85. The van der Waals surface area contributed by atoms with E-state index in [9.17, 15) is 14.4 Å². The molecule has 2 aliphatic rings. The number of amides is 1. The van der Waals surface area contributed by atoms with Crippen molar-refractivity contribution in [2.45, 2.75) is 56.3 Å². The van der Waals surface area contributed by atoms with Gasteiger partial charge in [0.25, 0.3) is 5.91 Å². The first kappa shape index (κ1) is 23.9. The summed E-state index contributed by atoms with van der Waals surface area (Å²) >= 11 is 0. The third kappa shape index (κ3) is 5.29. The number of carboxylic acid groups (broad SMARTS) is 1. The Kier molecular flexibility index (Phi) is 7.00. The number of fused-ring (bicyclic) bond motifs is 1. The zero-order chi connectivity index (χ0) is 24.3. The molecule has 0 aromatic heterocycles. The largest absolute Gasteiger partial charge is 0.493 e. The lowest BCUT2D eigenvalue weighted by Gasteiger charge is -2.41. The number of benzene rings is 2. The average molecular weight is 461 g/mol. The van der Waals surface area contributed by atoms with E-state index in [1.807, 2.05) is 44.9 Å². The summed E-state index contributed by atoms with van der Waals surface area (Å²) in [7, 11) is 4.08. The normalized spacial score (nSPS) is 14.9. The Balaban J connectivity index is 1.52. The minimum atomic E-state index is -0.777. The zero-order valence-electron chi connectivity index (χ0n) is 19.7. The molecule has 34 heavy (non-hydrogen) atoms. The van der Waals surface area contributed by atoms with Crippen molar-refractivity contribution in [3.63, 3.8) is 0 Å². The van der Waals surface area contributed by atoms with Gasteiger partial charge in [0.05, 0.1) is 13.0 Å². The molecule has 0 atom stereocenters. The molecular weight excluding hydrogens is 432 g/mol. The number of esters is 1. The van der Waals surface area contributed by atoms with Crippen LogP contribution in [-0.2, 0) is 21.3 Å². The van der Waals surface area contributed by atoms with Crippen LogP contribution < -0.4 is 9.47 Å². The second kappa shape index (κ2) is 9.95. The summed E-state index contributed by atoms with van der Waals surface area (Å²) in [6.45, 7) is 0.489. The highest BCUT2D eigenvalue weighted by atomic mass is 16.5. The maximum Gasteiger partial charge on any atom is 0.315 e. The number of unbranched alkanes of at least 4 members (excludes halogenated alkanes) is 2. The third-order valence-corrected chi connectivity index (χ3v) is 6.44. The number of hydrogen-bond acceptors (Lipinski definition) is 5. The van der Waals surface area contributed by atoms with Crippen LogP contribution in [0.2, 0.25) is 0 Å². The Bertz CT molecular complexity index is 1100. The molecule has 0 unspecified atom stereocenters. The molecule has 2 aromatic carbocycles. The van der Waals surface area contributed by atoms with Crippen LogP contribution in [-0.4, -0.2) is 56.2 Å². The van der Waals surface area contributed by atoms with E-state index < -0.39 is 11.3 Å². The molecule has 4 rings (SSSR count). The molecule has 7 nitrogen and oxygen atoms in total. The van der Waals surface area contributed by atoms with Gasteiger partial charge < -0.3 is 19.5 Å². The van der Waals surface area contributed by atoms with Gasteiger partial charge in [-0.15, -0.1) is 0 Å². The van der Waals surface area contributed by atoms with E-state index in [2.05, 4.69) is 0 Å². The molecule has 0 saturated heterocycles. The minimum Gasteiger partial charge on any atom is -0.493 e. The highest BCUT2D eigenvalue weighted by molar-refractivity contribution is 6.41. The minimum absolute atomic E-state index is 0.0712. The van der Waals surface area contributed by atoms with E-state index in [0.717, 1.165) is 42.6 Å². The van der Waals surface area contributed by atoms with E-state index in [4.69, 9.17) is 14.6 Å². The first-order chi connectivity index (χ1) is 16.3. The number of aliphatic carboxylic acids is 1. The van der Waals surface area contributed by atoms with Crippen LogP contribution in [0.5, 0.6) is 11.5 Å². The van der Waals surface area contributed by atoms with Gasteiger partial charge in [-0.3, -0.25) is 14.4 Å². The Morgan fingerprint density at radius 2 is 1.88 bits per heavy atom. The molecule has 1 aliphatic heterocycles. The van der Waals surface area contributed by atoms with E-state index >= 15 is 0 Å². The number of carboxylic acids is 1. The van der Waals surface area contributed by atoms with Crippen molar-refractivity contribution < 1.29 is 29.0 Å². The summed E-state index contributed by atoms with van der Waals surface area (Å²) in [5, 5.41) is 8.15. The number of rotatable bonds is 11. The quantitative estimate of drug-likeness (QED) is 0.238.